The van der Waals surface area contributed by atoms with Crippen molar-refractivity contribution in [3.63, 3.8) is 0 Å². The first kappa shape index (κ1) is 19.8. The van der Waals surface area contributed by atoms with Crippen LogP contribution in [0, 0.1) is 6.92 Å². The number of fused-ring (bicyclic) bond motifs is 1. The highest BCUT2D eigenvalue weighted by Crippen LogP contribution is 2.28. The van der Waals surface area contributed by atoms with Crippen molar-refractivity contribution in [1.29, 1.82) is 0 Å². The van der Waals surface area contributed by atoms with Gasteiger partial charge in [0, 0.05) is 24.2 Å². The van der Waals surface area contributed by atoms with E-state index in [1.165, 1.54) is 28.6 Å². The molecule has 0 unspecified atom stereocenters. The average molecular weight is 433 g/mol. The van der Waals surface area contributed by atoms with Gasteiger partial charge in [-0.25, -0.2) is 13.4 Å². The van der Waals surface area contributed by atoms with Gasteiger partial charge in [-0.3, -0.25) is 0 Å². The summed E-state index contributed by atoms with van der Waals surface area (Å²) in [6.45, 7) is 2.78. The Labute approximate surface area is 170 Å². The quantitative estimate of drug-likeness (QED) is 0.575. The molecule has 4 rings (SSSR count). The van der Waals surface area contributed by atoms with Gasteiger partial charge in [-0.1, -0.05) is 18.2 Å². The number of hydrogen-bond acceptors (Lipinski definition) is 6. The van der Waals surface area contributed by atoms with Gasteiger partial charge < -0.3 is 4.18 Å². The maximum Gasteiger partial charge on any atom is 0.339 e. The van der Waals surface area contributed by atoms with Crippen LogP contribution in [0.2, 0.25) is 0 Å². The second-order valence-corrected chi connectivity index (χ2v) is 10.4. The van der Waals surface area contributed by atoms with Crippen molar-refractivity contribution in [3.8, 4) is 5.75 Å². The number of sulfonamides is 1. The Balaban J connectivity index is 1.64. The third kappa shape index (κ3) is 3.85. The average Bonchev–Trinajstić information content (AvgIpc) is 3.24. The summed E-state index contributed by atoms with van der Waals surface area (Å²) in [4.78, 5) is 4.32. The van der Waals surface area contributed by atoms with Crippen LogP contribution < -0.4 is 4.18 Å². The first-order valence-corrected chi connectivity index (χ1v) is 12.0. The van der Waals surface area contributed by atoms with Gasteiger partial charge in [0.2, 0.25) is 10.0 Å². The fraction of sp³-hybridized carbons (Fsp3) is 0.250. The van der Waals surface area contributed by atoms with Crippen LogP contribution in [0.15, 0.2) is 64.4 Å². The monoisotopic (exact) mass is 432 g/mol. The first-order valence-electron chi connectivity index (χ1n) is 9.18. The highest BCUT2D eigenvalue weighted by molar-refractivity contribution is 7.89. The molecule has 2 aromatic carbocycles. The van der Waals surface area contributed by atoms with Crippen LogP contribution in [0.5, 0.6) is 5.75 Å². The molecule has 1 aromatic heterocycles. The minimum absolute atomic E-state index is 0.0702. The molecule has 152 valence electrons. The van der Waals surface area contributed by atoms with Crippen molar-refractivity contribution < 1.29 is 21.0 Å². The minimum atomic E-state index is -4.15. The van der Waals surface area contributed by atoms with Gasteiger partial charge in [0.15, 0.2) is 5.75 Å². The molecular formula is C20H20N2O5S2. The molecule has 0 N–H and O–H groups in total. The Morgan fingerprint density at radius 2 is 1.52 bits per heavy atom. The summed E-state index contributed by atoms with van der Waals surface area (Å²) in [7, 11) is -7.75. The van der Waals surface area contributed by atoms with Crippen molar-refractivity contribution in [3.05, 3.63) is 60.3 Å². The number of aryl methyl sites for hydroxylation is 1. The first-order chi connectivity index (χ1) is 13.8. The predicted octanol–water partition coefficient (Wildman–Crippen LogP) is 3.10. The molecule has 9 heteroatoms. The molecule has 0 aliphatic carbocycles. The van der Waals surface area contributed by atoms with E-state index >= 15 is 0 Å². The Bertz CT molecular complexity index is 1260. The summed E-state index contributed by atoms with van der Waals surface area (Å²) in [6, 6.07) is 13.8. The Kier molecular flexibility index (Phi) is 5.05. The summed E-state index contributed by atoms with van der Waals surface area (Å²) in [5.74, 6) is 0.125. The number of aromatic nitrogens is 1. The molecule has 1 saturated heterocycles. The molecule has 1 fully saturated rings. The Morgan fingerprint density at radius 1 is 0.862 bits per heavy atom. The van der Waals surface area contributed by atoms with Crippen molar-refractivity contribution in [2.45, 2.75) is 29.6 Å². The number of nitrogens with zero attached hydrogens (tertiary/aromatic N) is 2. The van der Waals surface area contributed by atoms with E-state index in [-0.39, 0.29) is 15.5 Å². The molecule has 1 aliphatic heterocycles. The molecule has 1 aliphatic rings. The number of benzene rings is 2. The van der Waals surface area contributed by atoms with Crippen LogP contribution in [0.1, 0.15) is 18.5 Å². The third-order valence-electron chi connectivity index (χ3n) is 4.84. The van der Waals surface area contributed by atoms with Crippen LogP contribution >= 0.6 is 0 Å². The van der Waals surface area contributed by atoms with E-state index in [1.807, 2.05) is 25.1 Å². The smallest absolute Gasteiger partial charge is 0.339 e. The lowest BCUT2D eigenvalue weighted by Crippen LogP contribution is -2.27. The Morgan fingerprint density at radius 3 is 2.21 bits per heavy atom. The summed E-state index contributed by atoms with van der Waals surface area (Å²) in [5, 5.41) is 0.760. The highest BCUT2D eigenvalue weighted by atomic mass is 32.2. The van der Waals surface area contributed by atoms with Crippen molar-refractivity contribution in [2.24, 2.45) is 0 Å². The largest absolute Gasteiger partial charge is 0.377 e. The summed E-state index contributed by atoms with van der Waals surface area (Å²) < 4.78 is 57.4. The van der Waals surface area contributed by atoms with E-state index in [0.717, 1.165) is 23.9 Å². The third-order valence-corrected chi connectivity index (χ3v) is 8.00. The second-order valence-electron chi connectivity index (χ2n) is 6.90. The van der Waals surface area contributed by atoms with Gasteiger partial charge in [-0.2, -0.15) is 12.7 Å². The van der Waals surface area contributed by atoms with Crippen LogP contribution in [-0.4, -0.2) is 39.2 Å². The highest BCUT2D eigenvalue weighted by Gasteiger charge is 2.28. The zero-order valence-corrected chi connectivity index (χ0v) is 17.4. The van der Waals surface area contributed by atoms with Gasteiger partial charge in [-0.15, -0.1) is 0 Å². The lowest BCUT2D eigenvalue weighted by atomic mass is 10.2. The van der Waals surface area contributed by atoms with E-state index in [9.17, 15) is 16.8 Å². The van der Waals surface area contributed by atoms with E-state index < -0.39 is 20.1 Å². The Hall–Kier alpha value is -2.49. The van der Waals surface area contributed by atoms with Crippen LogP contribution in [0.25, 0.3) is 10.9 Å². The molecule has 0 radical (unpaired) electrons. The van der Waals surface area contributed by atoms with Crippen LogP contribution in [0.3, 0.4) is 0 Å². The molecular weight excluding hydrogens is 412 g/mol. The SMILES string of the molecule is Cc1ccc2cccc(OS(=O)(=O)c3ccc(S(=O)(=O)N4CCCC4)cc3)c2n1. The summed E-state index contributed by atoms with van der Waals surface area (Å²) in [5.41, 5.74) is 1.19. The summed E-state index contributed by atoms with van der Waals surface area (Å²) in [6.07, 6.45) is 1.66. The van der Waals surface area contributed by atoms with Crippen LogP contribution in [-0.2, 0) is 20.1 Å². The molecule has 3 aromatic rings. The predicted molar refractivity (Wildman–Crippen MR) is 109 cm³/mol. The number of rotatable bonds is 5. The molecule has 29 heavy (non-hydrogen) atoms. The van der Waals surface area contributed by atoms with E-state index in [0.29, 0.717) is 18.6 Å². The van der Waals surface area contributed by atoms with Crippen LogP contribution in [0.4, 0.5) is 0 Å². The molecule has 0 amide bonds. The lowest BCUT2D eigenvalue weighted by Gasteiger charge is -2.15. The fourth-order valence-electron chi connectivity index (χ4n) is 3.31. The van der Waals surface area contributed by atoms with E-state index in [4.69, 9.17) is 4.18 Å². The minimum Gasteiger partial charge on any atom is -0.377 e. The van der Waals surface area contributed by atoms with E-state index in [1.54, 1.807) is 12.1 Å². The maximum absolute atomic E-state index is 12.7. The van der Waals surface area contributed by atoms with Gasteiger partial charge in [-0.05, 0) is 56.2 Å². The van der Waals surface area contributed by atoms with Gasteiger partial charge in [0.1, 0.15) is 10.4 Å². The summed E-state index contributed by atoms with van der Waals surface area (Å²) >= 11 is 0. The van der Waals surface area contributed by atoms with Gasteiger partial charge in [0.25, 0.3) is 0 Å². The molecule has 0 saturated carbocycles. The van der Waals surface area contributed by atoms with Crippen molar-refractivity contribution >= 4 is 31.0 Å². The molecule has 0 spiro atoms. The molecule has 7 nitrogen and oxygen atoms in total. The zero-order chi connectivity index (χ0) is 20.6. The molecule has 0 bridgehead atoms. The van der Waals surface area contributed by atoms with E-state index in [2.05, 4.69) is 4.98 Å². The molecule has 2 heterocycles. The van der Waals surface area contributed by atoms with Crippen molar-refractivity contribution in [1.82, 2.24) is 9.29 Å². The lowest BCUT2D eigenvalue weighted by molar-refractivity contribution is 0.476. The number of pyridine rings is 1. The standard InChI is InChI=1S/C20H20N2O5S2/c1-15-7-8-16-5-4-6-19(20(16)21-15)27-29(25,26)18-11-9-17(10-12-18)28(23,24)22-13-2-3-14-22/h4-12H,2-3,13-14H2,1H3. The number of hydrogen-bond donors (Lipinski definition) is 0. The maximum atomic E-state index is 12.7. The zero-order valence-electron chi connectivity index (χ0n) is 15.8. The number of para-hydroxylation sites is 1. The fourth-order valence-corrected chi connectivity index (χ4v) is 5.76. The topological polar surface area (TPSA) is 93.6 Å². The van der Waals surface area contributed by atoms with Gasteiger partial charge in [0.05, 0.1) is 4.90 Å². The van der Waals surface area contributed by atoms with Gasteiger partial charge >= 0.3 is 10.1 Å². The second kappa shape index (κ2) is 7.40. The van der Waals surface area contributed by atoms with Crippen molar-refractivity contribution in [2.75, 3.05) is 13.1 Å². The normalized spacial score (nSPS) is 15.6. The molecule has 0 atom stereocenters.